The molecule has 2 aromatic rings. The number of ether oxygens (including phenoxy) is 1. The molecule has 0 saturated carbocycles. The predicted molar refractivity (Wildman–Crippen MR) is 105 cm³/mol. The molecular weight excluding hydrogens is 396 g/mol. The van der Waals surface area contributed by atoms with Gasteiger partial charge in [-0.3, -0.25) is 9.69 Å². The summed E-state index contributed by atoms with van der Waals surface area (Å²) in [5.41, 5.74) is 1.65. The third kappa shape index (κ3) is 4.56. The van der Waals surface area contributed by atoms with Gasteiger partial charge >= 0.3 is 0 Å². The van der Waals surface area contributed by atoms with Crippen LogP contribution in [0.15, 0.2) is 46.9 Å². The Morgan fingerprint density at radius 2 is 1.96 bits per heavy atom. The number of carbonyl (C=O) groups excluding carboxylic acids is 1. The minimum absolute atomic E-state index is 0.0512. The van der Waals surface area contributed by atoms with Crippen molar-refractivity contribution >= 4 is 21.8 Å². The molecule has 2 N–H and O–H groups in total. The molecule has 0 aromatic heterocycles. The maximum Gasteiger partial charge on any atom is 0.255 e. The van der Waals surface area contributed by atoms with Gasteiger partial charge in [0, 0.05) is 30.1 Å². The predicted octanol–water partition coefficient (Wildman–Crippen LogP) is 3.56. The van der Waals surface area contributed by atoms with Crippen LogP contribution in [0.2, 0.25) is 0 Å². The maximum absolute atomic E-state index is 12.6. The molecule has 0 radical (unpaired) electrons. The quantitative estimate of drug-likeness (QED) is 0.778. The smallest absolute Gasteiger partial charge is 0.255 e. The highest BCUT2D eigenvalue weighted by Crippen LogP contribution is 2.33. The average Bonchev–Trinajstić information content (AvgIpc) is 2.63. The summed E-state index contributed by atoms with van der Waals surface area (Å²) >= 11 is 3.31. The summed E-state index contributed by atoms with van der Waals surface area (Å²) in [6.07, 6.45) is 1.81. The number of nitrogens with zero attached hydrogens (tertiary/aromatic N) is 1. The van der Waals surface area contributed by atoms with Crippen LogP contribution < -0.4 is 10.1 Å². The van der Waals surface area contributed by atoms with Crippen LogP contribution in [0.5, 0.6) is 11.5 Å². The second-order valence-corrected chi connectivity index (χ2v) is 7.43. The highest BCUT2D eigenvalue weighted by Gasteiger charge is 2.23. The molecule has 0 unspecified atom stereocenters. The molecule has 0 bridgehead atoms. The van der Waals surface area contributed by atoms with Gasteiger partial charge in [0.2, 0.25) is 0 Å². The molecule has 1 heterocycles. The normalized spacial score (nSPS) is 15.6. The van der Waals surface area contributed by atoms with Crippen LogP contribution in [-0.4, -0.2) is 42.2 Å². The van der Waals surface area contributed by atoms with Crippen LogP contribution in [0, 0.1) is 0 Å². The van der Waals surface area contributed by atoms with Gasteiger partial charge in [0.05, 0.1) is 12.7 Å². The molecule has 0 atom stereocenters. The van der Waals surface area contributed by atoms with Gasteiger partial charge < -0.3 is 15.2 Å². The highest BCUT2D eigenvalue weighted by atomic mass is 79.9. The van der Waals surface area contributed by atoms with E-state index in [0.717, 1.165) is 32.5 Å². The summed E-state index contributed by atoms with van der Waals surface area (Å²) in [4.78, 5) is 15.0. The summed E-state index contributed by atoms with van der Waals surface area (Å²) < 4.78 is 5.82. The van der Waals surface area contributed by atoms with E-state index in [1.54, 1.807) is 6.07 Å². The fourth-order valence-corrected chi connectivity index (χ4v) is 3.75. The first kappa shape index (κ1) is 18.7. The molecule has 5 nitrogen and oxygen atoms in total. The average molecular weight is 419 g/mol. The second kappa shape index (κ2) is 8.56. The molecule has 1 aliphatic heterocycles. The number of phenolic OH excluding ortho intramolecular Hbond substituents is 1. The Hall–Kier alpha value is -2.05. The number of hydrogen-bond donors (Lipinski definition) is 2. The molecule has 6 heteroatoms. The third-order valence-electron chi connectivity index (χ3n) is 4.65. The number of piperidine rings is 1. The van der Waals surface area contributed by atoms with E-state index in [1.807, 2.05) is 6.07 Å². The van der Waals surface area contributed by atoms with Crippen LogP contribution >= 0.6 is 15.9 Å². The Morgan fingerprint density at radius 1 is 1.27 bits per heavy atom. The summed E-state index contributed by atoms with van der Waals surface area (Å²) in [5.74, 6) is -0.0723. The molecular formula is C20H23BrN2O3. The van der Waals surface area contributed by atoms with Crippen molar-refractivity contribution in [3.63, 3.8) is 0 Å². The van der Waals surface area contributed by atoms with Crippen molar-refractivity contribution in [2.75, 3.05) is 20.2 Å². The van der Waals surface area contributed by atoms with Crippen molar-refractivity contribution < 1.29 is 14.6 Å². The molecule has 138 valence electrons. The molecule has 2 aromatic carbocycles. The van der Waals surface area contributed by atoms with Gasteiger partial charge in [-0.05, 0) is 30.5 Å². The minimum Gasteiger partial charge on any atom is -0.504 e. The van der Waals surface area contributed by atoms with Crippen molar-refractivity contribution in [2.24, 2.45) is 0 Å². The molecule has 3 rings (SSSR count). The summed E-state index contributed by atoms with van der Waals surface area (Å²) in [7, 11) is 1.45. The van der Waals surface area contributed by atoms with Gasteiger partial charge in [-0.15, -0.1) is 0 Å². The van der Waals surface area contributed by atoms with Crippen LogP contribution in [0.4, 0.5) is 0 Å². The summed E-state index contributed by atoms with van der Waals surface area (Å²) in [6, 6.07) is 13.7. The van der Waals surface area contributed by atoms with Crippen LogP contribution in [0.25, 0.3) is 0 Å². The standard InChI is InChI=1S/C20H23BrN2O3/c1-26-19-17(11-15(21)12-18(19)24)20(25)22-16-7-9-23(10-8-16)13-14-5-3-2-4-6-14/h2-6,11-12,16,24H,7-10,13H2,1H3,(H,22,25). The van der Waals surface area contributed by atoms with E-state index in [4.69, 9.17) is 4.74 Å². The van der Waals surface area contributed by atoms with Crippen LogP contribution in [0.1, 0.15) is 28.8 Å². The molecule has 1 amide bonds. The molecule has 26 heavy (non-hydrogen) atoms. The number of benzene rings is 2. The first-order valence-corrected chi connectivity index (χ1v) is 9.49. The summed E-state index contributed by atoms with van der Waals surface area (Å²) in [5, 5.41) is 13.0. The lowest BCUT2D eigenvalue weighted by molar-refractivity contribution is 0.0905. The number of hydrogen-bond acceptors (Lipinski definition) is 4. The number of nitrogens with one attached hydrogen (secondary N) is 1. The van der Waals surface area contributed by atoms with E-state index < -0.39 is 0 Å². The number of amides is 1. The van der Waals surface area contributed by atoms with Crippen LogP contribution in [-0.2, 0) is 6.54 Å². The Kier molecular flexibility index (Phi) is 6.16. The molecule has 0 spiro atoms. The lowest BCUT2D eigenvalue weighted by Gasteiger charge is -2.32. The van der Waals surface area contributed by atoms with Gasteiger partial charge in [-0.1, -0.05) is 46.3 Å². The number of aromatic hydroxyl groups is 1. The van der Waals surface area contributed by atoms with Gasteiger partial charge in [0.25, 0.3) is 5.91 Å². The Labute approximate surface area is 162 Å². The lowest BCUT2D eigenvalue weighted by Crippen LogP contribution is -2.44. The minimum atomic E-state index is -0.222. The third-order valence-corrected chi connectivity index (χ3v) is 5.11. The first-order chi connectivity index (χ1) is 12.6. The monoisotopic (exact) mass is 418 g/mol. The van der Waals surface area contributed by atoms with Gasteiger partial charge in [-0.2, -0.15) is 0 Å². The highest BCUT2D eigenvalue weighted by molar-refractivity contribution is 9.10. The van der Waals surface area contributed by atoms with E-state index in [0.29, 0.717) is 10.0 Å². The Morgan fingerprint density at radius 3 is 2.62 bits per heavy atom. The molecule has 1 aliphatic rings. The molecule has 1 saturated heterocycles. The SMILES string of the molecule is COc1c(O)cc(Br)cc1C(=O)NC1CCN(Cc2ccccc2)CC1. The topological polar surface area (TPSA) is 61.8 Å². The van der Waals surface area contributed by atoms with E-state index in [9.17, 15) is 9.90 Å². The van der Waals surface area contributed by atoms with Crippen LogP contribution in [0.3, 0.4) is 0 Å². The van der Waals surface area contributed by atoms with E-state index in [1.165, 1.54) is 18.7 Å². The van der Waals surface area contributed by atoms with E-state index in [2.05, 4.69) is 50.4 Å². The molecule has 1 fully saturated rings. The zero-order valence-corrected chi connectivity index (χ0v) is 16.3. The van der Waals surface area contributed by atoms with Gasteiger partial charge in [0.15, 0.2) is 11.5 Å². The van der Waals surface area contributed by atoms with Crippen molar-refractivity contribution in [3.8, 4) is 11.5 Å². The van der Waals surface area contributed by atoms with Gasteiger partial charge in [0.1, 0.15) is 0 Å². The van der Waals surface area contributed by atoms with Crippen molar-refractivity contribution in [1.29, 1.82) is 0 Å². The fourth-order valence-electron chi connectivity index (χ4n) is 3.30. The van der Waals surface area contributed by atoms with Crippen molar-refractivity contribution in [1.82, 2.24) is 10.2 Å². The number of phenols is 1. The zero-order chi connectivity index (χ0) is 18.5. The maximum atomic E-state index is 12.6. The number of rotatable bonds is 5. The van der Waals surface area contributed by atoms with E-state index in [-0.39, 0.29) is 23.4 Å². The fraction of sp³-hybridized carbons (Fsp3) is 0.350. The summed E-state index contributed by atoms with van der Waals surface area (Å²) in [6.45, 7) is 2.83. The number of methoxy groups -OCH3 is 1. The van der Waals surface area contributed by atoms with Crippen molar-refractivity contribution in [3.05, 3.63) is 58.1 Å². The lowest BCUT2D eigenvalue weighted by atomic mass is 10.0. The van der Waals surface area contributed by atoms with Gasteiger partial charge in [-0.25, -0.2) is 0 Å². The Bertz CT molecular complexity index is 759. The van der Waals surface area contributed by atoms with E-state index >= 15 is 0 Å². The second-order valence-electron chi connectivity index (χ2n) is 6.52. The largest absolute Gasteiger partial charge is 0.504 e. The number of carbonyl (C=O) groups is 1. The number of likely N-dealkylation sites (tertiary alicyclic amines) is 1. The van der Waals surface area contributed by atoms with Crippen molar-refractivity contribution in [2.45, 2.75) is 25.4 Å². The molecule has 0 aliphatic carbocycles. The zero-order valence-electron chi connectivity index (χ0n) is 14.7. The number of halogens is 1. The first-order valence-electron chi connectivity index (χ1n) is 8.70. The Balaban J connectivity index is 1.57.